The molecule has 0 aliphatic rings. The summed E-state index contributed by atoms with van der Waals surface area (Å²) in [7, 11) is -8.63. The predicted molar refractivity (Wildman–Crippen MR) is 286 cm³/mol. The Morgan fingerprint density at radius 2 is 0.324 bits per heavy atom. The summed E-state index contributed by atoms with van der Waals surface area (Å²) in [5.41, 5.74) is 0. The van der Waals surface area contributed by atoms with E-state index in [-0.39, 0.29) is 27.2 Å². The maximum Gasteiger partial charge on any atom is 0.285 e. The number of rotatable bonds is 9. The molecule has 9 heteroatoms. The topological polar surface area (TPSA) is 106 Å². The fourth-order valence-electron chi connectivity index (χ4n) is 7.93. The second kappa shape index (κ2) is 26.6. The average Bonchev–Trinajstić information content (AvgIpc) is 3.43. The van der Waals surface area contributed by atoms with Gasteiger partial charge in [0.1, 0.15) is 0 Å². The first-order valence-electron chi connectivity index (χ1n) is 22.0. The van der Waals surface area contributed by atoms with Crippen molar-refractivity contribution in [2.45, 2.75) is 0 Å². The maximum atomic E-state index is 11.6. The van der Waals surface area contributed by atoms with Crippen LogP contribution in [-0.4, -0.2) is 44.3 Å². The predicted octanol–water partition coefficient (Wildman–Crippen LogP) is 5.75. The molecule has 0 aliphatic carbocycles. The summed E-state index contributed by atoms with van der Waals surface area (Å²) in [6.45, 7) is 0. The van der Waals surface area contributed by atoms with E-state index in [0.29, 0.717) is 0 Å². The number of nitrogens with one attached hydrogen (secondary N) is 1. The van der Waals surface area contributed by atoms with Crippen LogP contribution in [0.4, 0.5) is 0 Å². The van der Waals surface area contributed by atoms with E-state index in [2.05, 4.69) is 4.98 Å². The summed E-state index contributed by atoms with van der Waals surface area (Å²) >= 11 is 0. The molecule has 10 rings (SSSR count). The van der Waals surface area contributed by atoms with Gasteiger partial charge >= 0.3 is 0 Å². The Morgan fingerprint density at radius 1 is 0.206 bits per heavy atom. The Kier molecular flexibility index (Phi) is 20.4. The Hall–Kier alpha value is -6.69. The molecule has 0 saturated carbocycles. The molecule has 0 atom stereocenters. The molecule has 0 unspecified atom stereocenters. The average molecular weight is 1020 g/mol. The molecule has 68 heavy (non-hydrogen) atoms. The Morgan fingerprint density at radius 3 is 0.412 bits per heavy atom. The van der Waals surface area contributed by atoms with Crippen molar-refractivity contribution in [3.8, 4) is 0 Å². The van der Waals surface area contributed by atoms with E-state index in [4.69, 9.17) is 0 Å². The summed E-state index contributed by atoms with van der Waals surface area (Å²) < 4.78 is 0. The first-order valence-corrected chi connectivity index (χ1v) is 27.8. The van der Waals surface area contributed by atoms with Gasteiger partial charge in [-0.15, -0.1) is 0 Å². The second-order valence-electron chi connectivity index (χ2n) is 15.5. The maximum absolute atomic E-state index is 11.6. The van der Waals surface area contributed by atoms with E-state index in [0.717, 1.165) is 46.7 Å². The zero-order valence-corrected chi connectivity index (χ0v) is 42.6. The molecule has 336 valence electrons. The van der Waals surface area contributed by atoms with Gasteiger partial charge in [0.05, 0.1) is 0 Å². The summed E-state index contributed by atoms with van der Waals surface area (Å²) in [5.74, 6) is 0. The van der Waals surface area contributed by atoms with Crippen LogP contribution in [0.3, 0.4) is 0 Å². The van der Waals surface area contributed by atoms with Crippen LogP contribution in [0.5, 0.6) is 0 Å². The number of benzene rings is 9. The molecule has 2 radical (unpaired) electrons. The molecule has 0 fully saturated rings. The van der Waals surface area contributed by atoms with Crippen molar-refractivity contribution in [2.24, 2.45) is 0 Å². The molecular formula is C59H54MoN2O3Si3. The van der Waals surface area contributed by atoms with Gasteiger partial charge in [-0.05, 0) is 58.8 Å². The molecule has 10 aromatic rings. The molecule has 0 aliphatic heterocycles. The monoisotopic (exact) mass is 1020 g/mol. The smallest absolute Gasteiger partial charge is 0.285 e. The van der Waals surface area contributed by atoms with Crippen LogP contribution >= 0.6 is 0 Å². The van der Waals surface area contributed by atoms with Gasteiger partial charge in [-0.3, -0.25) is 4.98 Å². The molecular weight excluding hydrogens is 965 g/mol. The second-order valence-corrected chi connectivity index (χ2v) is 24.9. The van der Waals surface area contributed by atoms with Gasteiger partial charge in [-0.1, -0.05) is 279 Å². The molecule has 1 heterocycles. The van der Waals surface area contributed by atoms with Gasteiger partial charge in [0.15, 0.2) is 0 Å². The first kappa shape index (κ1) is 52.3. The SMILES string of the molecule is O[Si](c1ccccc1)(c1ccccc1)c1ccccc1.O[Si](c1ccccc1)(c1ccccc1)c1ccccc1.O[Si](c1ccccc1)(c1ccccc1)c1ccccc1.[Mo].[NH].c1ccncc1. The van der Waals surface area contributed by atoms with Crippen molar-refractivity contribution in [3.63, 3.8) is 0 Å². The third kappa shape index (κ3) is 12.8. The van der Waals surface area contributed by atoms with E-state index >= 15 is 0 Å². The van der Waals surface area contributed by atoms with Gasteiger partial charge in [0.25, 0.3) is 25.0 Å². The quantitative estimate of drug-likeness (QED) is 0.127. The molecule has 1 aromatic heterocycles. The molecule has 9 aromatic carbocycles. The molecule has 5 nitrogen and oxygen atoms in total. The van der Waals surface area contributed by atoms with Crippen molar-refractivity contribution in [1.29, 1.82) is 0 Å². The molecule has 0 bridgehead atoms. The summed E-state index contributed by atoms with van der Waals surface area (Å²) in [4.78, 5) is 38.5. The van der Waals surface area contributed by atoms with Crippen molar-refractivity contribution in [3.05, 3.63) is 304 Å². The van der Waals surface area contributed by atoms with E-state index < -0.39 is 25.0 Å². The van der Waals surface area contributed by atoms with Gasteiger partial charge in [-0.25, -0.2) is 0 Å². The standard InChI is InChI=1S/3C18H16OSi.C5H5N.Mo.HN/c3*19-20(16-10-4-1-5-11-16,17-12-6-2-7-13-17)18-14-8-3-9-15-18;1-2-4-6-5-3-1;;/h3*1-15,19H;1-5H;;1H. The first-order chi connectivity index (χ1) is 32.4. The third-order valence-electron chi connectivity index (χ3n) is 11.3. The Labute approximate surface area is 419 Å². The Balaban J connectivity index is 0.000000177. The summed E-state index contributed by atoms with van der Waals surface area (Å²) in [6, 6.07) is 95.6. The van der Waals surface area contributed by atoms with Crippen LogP contribution in [-0.2, 0) is 21.1 Å². The summed E-state index contributed by atoms with van der Waals surface area (Å²) in [5, 5.41) is 9.10. The van der Waals surface area contributed by atoms with Crippen molar-refractivity contribution in [2.75, 3.05) is 0 Å². The van der Waals surface area contributed by atoms with Gasteiger partial charge in [0.2, 0.25) is 0 Å². The van der Waals surface area contributed by atoms with Gasteiger partial charge in [-0.2, -0.15) is 6.15 Å². The van der Waals surface area contributed by atoms with Crippen LogP contribution in [0, 0.1) is 0 Å². The number of pyridine rings is 1. The van der Waals surface area contributed by atoms with E-state index in [1.165, 1.54) is 0 Å². The van der Waals surface area contributed by atoms with Crippen LogP contribution in [0.25, 0.3) is 0 Å². The van der Waals surface area contributed by atoms with Crippen LogP contribution in [0.15, 0.2) is 304 Å². The molecule has 0 saturated heterocycles. The van der Waals surface area contributed by atoms with Crippen LogP contribution in [0.1, 0.15) is 0 Å². The molecule has 4 N–H and O–H groups in total. The van der Waals surface area contributed by atoms with E-state index in [9.17, 15) is 14.4 Å². The van der Waals surface area contributed by atoms with E-state index in [1.807, 2.05) is 291 Å². The van der Waals surface area contributed by atoms with Crippen LogP contribution in [0.2, 0.25) is 0 Å². The minimum atomic E-state index is -2.88. The normalized spacial score (nSPS) is 10.6. The van der Waals surface area contributed by atoms with E-state index in [1.54, 1.807) is 12.4 Å². The van der Waals surface area contributed by atoms with Crippen molar-refractivity contribution < 1.29 is 35.5 Å². The van der Waals surface area contributed by atoms with Gasteiger partial charge < -0.3 is 14.4 Å². The van der Waals surface area contributed by atoms with Gasteiger partial charge in [0, 0.05) is 33.5 Å². The number of aromatic nitrogens is 1. The molecule has 0 amide bonds. The number of hydrogen-bond acceptors (Lipinski definition) is 4. The number of hydrogen-bond donors (Lipinski definition) is 3. The van der Waals surface area contributed by atoms with Crippen LogP contribution < -0.4 is 52.8 Å². The van der Waals surface area contributed by atoms with Crippen molar-refractivity contribution >= 4 is 71.6 Å². The fraction of sp³-hybridized carbons (Fsp3) is 0. The Bertz CT molecular complexity index is 2260. The fourth-order valence-corrected chi connectivity index (χ4v) is 17.0. The number of nitrogens with zero attached hydrogens (tertiary/aromatic N) is 1. The van der Waals surface area contributed by atoms with Crippen molar-refractivity contribution in [1.82, 2.24) is 11.1 Å². The third-order valence-corrected chi connectivity index (χ3v) is 21.8. The summed E-state index contributed by atoms with van der Waals surface area (Å²) in [6.07, 6.45) is 3.50. The zero-order valence-electron chi connectivity index (χ0n) is 37.6. The molecule has 0 spiro atoms. The largest absolute Gasteiger partial charge is 0.421 e. The minimum Gasteiger partial charge on any atom is -0.421 e. The zero-order chi connectivity index (χ0) is 45.8. The minimum absolute atomic E-state index is 0.